The van der Waals surface area contributed by atoms with Crippen LogP contribution in [0.5, 0.6) is 0 Å². The molecule has 0 spiro atoms. The van der Waals surface area contributed by atoms with E-state index in [0.717, 1.165) is 38.0 Å². The third-order valence-electron chi connectivity index (χ3n) is 4.74. The molecule has 2 aromatic heterocycles. The number of nitrogens with zero attached hydrogens (tertiary/aromatic N) is 6. The third-order valence-corrected chi connectivity index (χ3v) is 4.74. The summed E-state index contributed by atoms with van der Waals surface area (Å²) in [5.74, 6) is 0.677. The lowest BCUT2D eigenvalue weighted by molar-refractivity contribution is 0.0592. The topological polar surface area (TPSA) is 67.2 Å². The predicted octanol–water partition coefficient (Wildman–Crippen LogP) is 2.13. The van der Waals surface area contributed by atoms with Gasteiger partial charge in [0, 0.05) is 51.8 Å². The number of hydrogen-bond donors (Lipinski definition) is 0. The molecule has 0 bridgehead atoms. The van der Waals surface area contributed by atoms with Crippen molar-refractivity contribution in [1.82, 2.24) is 24.6 Å². The molecule has 25 heavy (non-hydrogen) atoms. The minimum absolute atomic E-state index is 0.0490. The van der Waals surface area contributed by atoms with Gasteiger partial charge in [-0.1, -0.05) is 0 Å². The van der Waals surface area contributed by atoms with Crippen molar-refractivity contribution in [3.8, 4) is 0 Å². The predicted molar refractivity (Wildman–Crippen MR) is 96.6 cm³/mol. The van der Waals surface area contributed by atoms with E-state index in [0.29, 0.717) is 11.5 Å². The van der Waals surface area contributed by atoms with Crippen LogP contribution in [0.4, 0.5) is 5.95 Å². The molecule has 1 atom stereocenters. The van der Waals surface area contributed by atoms with Gasteiger partial charge in [0.25, 0.3) is 5.91 Å². The van der Waals surface area contributed by atoms with Crippen molar-refractivity contribution in [1.29, 1.82) is 0 Å². The first-order valence-corrected chi connectivity index (χ1v) is 8.85. The summed E-state index contributed by atoms with van der Waals surface area (Å²) in [6.07, 6.45) is 9.61. The summed E-state index contributed by atoms with van der Waals surface area (Å²) in [7, 11) is 3.79. The molecule has 134 valence electrons. The second-order valence-corrected chi connectivity index (χ2v) is 6.77. The summed E-state index contributed by atoms with van der Waals surface area (Å²) in [6, 6.07) is 2.18. The van der Waals surface area contributed by atoms with Gasteiger partial charge in [-0.2, -0.15) is 5.10 Å². The molecule has 3 heterocycles. The first kappa shape index (κ1) is 17.4. The Morgan fingerprint density at radius 3 is 2.88 bits per heavy atom. The summed E-state index contributed by atoms with van der Waals surface area (Å²) in [4.78, 5) is 25.7. The largest absolute Gasteiger partial charge is 0.347 e. The molecule has 0 radical (unpaired) electrons. The van der Waals surface area contributed by atoms with E-state index in [1.165, 1.54) is 6.42 Å². The number of piperidine rings is 1. The standard InChI is InChI=1S/C18H26N6O/c1-14-16(13-19-18(21-14)22(2)3)17(25)24-11-5-4-7-15(24)8-12-23-10-6-9-20-23/h6,9-10,13,15H,4-5,7-8,11-12H2,1-3H3/t15-/m0/s1. The number of rotatable bonds is 5. The second kappa shape index (κ2) is 7.63. The van der Waals surface area contributed by atoms with Crippen LogP contribution in [0.25, 0.3) is 0 Å². The molecule has 0 aliphatic carbocycles. The fourth-order valence-electron chi connectivity index (χ4n) is 3.32. The fraction of sp³-hybridized carbons (Fsp3) is 0.556. The van der Waals surface area contributed by atoms with Gasteiger partial charge >= 0.3 is 0 Å². The van der Waals surface area contributed by atoms with Crippen molar-refractivity contribution >= 4 is 11.9 Å². The van der Waals surface area contributed by atoms with Crippen molar-refractivity contribution in [2.75, 3.05) is 25.5 Å². The van der Waals surface area contributed by atoms with Crippen molar-refractivity contribution in [2.45, 2.75) is 45.2 Å². The van der Waals surface area contributed by atoms with Crippen LogP contribution in [-0.4, -0.2) is 57.2 Å². The Balaban J connectivity index is 1.74. The highest BCUT2D eigenvalue weighted by Gasteiger charge is 2.28. The molecule has 2 aromatic rings. The lowest BCUT2D eigenvalue weighted by atomic mass is 9.98. The average Bonchev–Trinajstić information content (AvgIpc) is 3.13. The number of amides is 1. The minimum Gasteiger partial charge on any atom is -0.347 e. The smallest absolute Gasteiger partial charge is 0.257 e. The number of aromatic nitrogens is 4. The maximum atomic E-state index is 13.1. The monoisotopic (exact) mass is 342 g/mol. The Morgan fingerprint density at radius 1 is 1.36 bits per heavy atom. The quantitative estimate of drug-likeness (QED) is 0.833. The van der Waals surface area contributed by atoms with Gasteiger partial charge in [-0.05, 0) is 38.7 Å². The SMILES string of the molecule is Cc1nc(N(C)C)ncc1C(=O)N1CCCC[C@H]1CCn1cccn1. The minimum atomic E-state index is 0.0490. The highest BCUT2D eigenvalue weighted by molar-refractivity contribution is 5.95. The third kappa shape index (κ3) is 3.97. The number of aryl methyl sites for hydroxylation is 2. The molecule has 0 aromatic carbocycles. The first-order chi connectivity index (χ1) is 12.1. The Hall–Kier alpha value is -2.44. The van der Waals surface area contributed by atoms with Gasteiger partial charge in [0.1, 0.15) is 0 Å². The zero-order valence-electron chi connectivity index (χ0n) is 15.2. The van der Waals surface area contributed by atoms with Gasteiger partial charge in [-0.15, -0.1) is 0 Å². The molecule has 1 aliphatic heterocycles. The highest BCUT2D eigenvalue weighted by atomic mass is 16.2. The van der Waals surface area contributed by atoms with Crippen molar-refractivity contribution in [3.05, 3.63) is 35.9 Å². The number of anilines is 1. The normalized spacial score (nSPS) is 17.6. The number of carbonyl (C=O) groups excluding carboxylic acids is 1. The molecular formula is C18H26N6O. The van der Waals surface area contributed by atoms with E-state index in [1.807, 2.05) is 47.8 Å². The first-order valence-electron chi connectivity index (χ1n) is 8.85. The van der Waals surface area contributed by atoms with Gasteiger partial charge in [0.2, 0.25) is 5.95 Å². The number of hydrogen-bond acceptors (Lipinski definition) is 5. The van der Waals surface area contributed by atoms with E-state index < -0.39 is 0 Å². The molecule has 7 nitrogen and oxygen atoms in total. The average molecular weight is 342 g/mol. The van der Waals surface area contributed by atoms with Gasteiger partial charge in [0.05, 0.1) is 11.3 Å². The fourth-order valence-corrected chi connectivity index (χ4v) is 3.32. The van der Waals surface area contributed by atoms with Crippen molar-refractivity contribution in [3.63, 3.8) is 0 Å². The van der Waals surface area contributed by atoms with Gasteiger partial charge < -0.3 is 9.80 Å². The summed E-state index contributed by atoms with van der Waals surface area (Å²) in [5, 5.41) is 4.26. The van der Waals surface area contributed by atoms with E-state index in [-0.39, 0.29) is 11.9 Å². The molecule has 0 N–H and O–H groups in total. The van der Waals surface area contributed by atoms with Crippen LogP contribution in [0, 0.1) is 6.92 Å². The van der Waals surface area contributed by atoms with E-state index >= 15 is 0 Å². The van der Waals surface area contributed by atoms with E-state index in [2.05, 4.69) is 15.1 Å². The Kier molecular flexibility index (Phi) is 5.31. The molecule has 0 unspecified atom stereocenters. The maximum Gasteiger partial charge on any atom is 0.257 e. The summed E-state index contributed by atoms with van der Waals surface area (Å²) >= 11 is 0. The molecule has 3 rings (SSSR count). The van der Waals surface area contributed by atoms with Crippen molar-refractivity contribution in [2.24, 2.45) is 0 Å². The van der Waals surface area contributed by atoms with Crippen LogP contribution in [-0.2, 0) is 6.54 Å². The van der Waals surface area contributed by atoms with Crippen LogP contribution in [0.15, 0.2) is 24.7 Å². The van der Waals surface area contributed by atoms with E-state index in [4.69, 9.17) is 0 Å². The molecule has 1 amide bonds. The van der Waals surface area contributed by atoms with Gasteiger partial charge in [-0.25, -0.2) is 9.97 Å². The zero-order valence-corrected chi connectivity index (χ0v) is 15.2. The van der Waals surface area contributed by atoms with Crippen LogP contribution < -0.4 is 4.90 Å². The Morgan fingerprint density at radius 2 is 2.20 bits per heavy atom. The zero-order chi connectivity index (χ0) is 17.8. The maximum absolute atomic E-state index is 13.1. The molecule has 1 saturated heterocycles. The molecule has 1 aliphatic rings. The molecule has 0 saturated carbocycles. The van der Waals surface area contributed by atoms with Crippen molar-refractivity contribution < 1.29 is 4.79 Å². The van der Waals surface area contributed by atoms with Crippen LogP contribution in [0.3, 0.4) is 0 Å². The number of likely N-dealkylation sites (tertiary alicyclic amines) is 1. The van der Waals surface area contributed by atoms with E-state index in [9.17, 15) is 4.79 Å². The molecular weight excluding hydrogens is 316 g/mol. The summed E-state index contributed by atoms with van der Waals surface area (Å²) in [5.41, 5.74) is 1.34. The van der Waals surface area contributed by atoms with Gasteiger partial charge in [-0.3, -0.25) is 9.48 Å². The number of carbonyl (C=O) groups is 1. The van der Waals surface area contributed by atoms with E-state index in [1.54, 1.807) is 12.4 Å². The second-order valence-electron chi connectivity index (χ2n) is 6.77. The van der Waals surface area contributed by atoms with Crippen LogP contribution in [0.1, 0.15) is 41.7 Å². The van der Waals surface area contributed by atoms with Gasteiger partial charge in [0.15, 0.2) is 0 Å². The molecule has 1 fully saturated rings. The molecule has 7 heteroatoms. The summed E-state index contributed by atoms with van der Waals surface area (Å²) < 4.78 is 1.93. The highest BCUT2D eigenvalue weighted by Crippen LogP contribution is 2.23. The van der Waals surface area contributed by atoms with Crippen LogP contribution in [0.2, 0.25) is 0 Å². The lowest BCUT2D eigenvalue weighted by Crippen LogP contribution is -2.44. The Labute approximate surface area is 148 Å². The van der Waals surface area contributed by atoms with Crippen LogP contribution >= 0.6 is 0 Å². The lowest BCUT2D eigenvalue weighted by Gasteiger charge is -2.36. The Bertz CT molecular complexity index is 712. The summed E-state index contributed by atoms with van der Waals surface area (Å²) in [6.45, 7) is 3.51.